The Kier molecular flexibility index (Phi) is 3.49. The third-order valence-corrected chi connectivity index (χ3v) is 3.57. The molecule has 0 spiro atoms. The Bertz CT molecular complexity index is 199. The fourth-order valence-corrected chi connectivity index (χ4v) is 2.57. The summed E-state index contributed by atoms with van der Waals surface area (Å²) in [6, 6.07) is 0. The summed E-state index contributed by atoms with van der Waals surface area (Å²) in [6.45, 7) is 2.04. The van der Waals surface area contributed by atoms with Crippen LogP contribution in [0.1, 0.15) is 19.8 Å². The molecule has 2 saturated carbocycles. The van der Waals surface area contributed by atoms with Gasteiger partial charge in [0.2, 0.25) is 0 Å². The van der Waals surface area contributed by atoms with Crippen molar-refractivity contribution in [2.24, 2.45) is 11.3 Å². The molecule has 2 fully saturated rings. The van der Waals surface area contributed by atoms with Crippen LogP contribution in [0.15, 0.2) is 0 Å². The molecule has 0 N–H and O–H groups in total. The monoisotopic (exact) mass is 260 g/mol. The van der Waals surface area contributed by atoms with E-state index in [1.54, 1.807) is 0 Å². The zero-order valence-electron chi connectivity index (χ0n) is 7.12. The molecule has 2 unspecified atom stereocenters. The van der Waals surface area contributed by atoms with Crippen molar-refractivity contribution < 1.29 is 42.0 Å². The number of aldehydes is 1. The second kappa shape index (κ2) is 3.73. The van der Waals surface area contributed by atoms with Gasteiger partial charge < -0.3 is 9.32 Å². The zero-order valence-corrected chi connectivity index (χ0v) is 11.1. The molecule has 2 nitrogen and oxygen atoms in total. The first-order valence-electron chi connectivity index (χ1n) is 3.90. The van der Waals surface area contributed by atoms with Crippen LogP contribution >= 0.6 is 9.47 Å². The molecule has 1 radical (unpaired) electrons. The predicted molar refractivity (Wildman–Crippen MR) is 44.7 cm³/mol. The van der Waals surface area contributed by atoms with Crippen molar-refractivity contribution in [3.63, 3.8) is 0 Å². The first-order chi connectivity index (χ1) is 5.24. The van der Waals surface area contributed by atoms with Crippen molar-refractivity contribution in [2.45, 2.75) is 25.9 Å². The molecule has 2 aliphatic carbocycles. The van der Waals surface area contributed by atoms with E-state index in [1.165, 1.54) is 5.92 Å². The van der Waals surface area contributed by atoms with Gasteiger partial charge in [-0.05, 0) is 9.47 Å². The van der Waals surface area contributed by atoms with Crippen LogP contribution < -0.4 is 0 Å². The van der Waals surface area contributed by atoms with Crippen LogP contribution in [0, 0.1) is 17.3 Å². The number of fused-ring (bicyclic) bond motifs is 1. The maximum absolute atomic E-state index is 10.8. The molecule has 0 aromatic carbocycles. The van der Waals surface area contributed by atoms with Crippen molar-refractivity contribution in [1.82, 2.24) is 0 Å². The molecule has 0 aromatic rings. The molecule has 65 valence electrons. The summed E-state index contributed by atoms with van der Waals surface area (Å²) >= 11 is 0. The molecule has 4 atom stereocenters. The van der Waals surface area contributed by atoms with Crippen LogP contribution in [-0.2, 0) is 42.0 Å². The van der Waals surface area contributed by atoms with Gasteiger partial charge in [0.1, 0.15) is 0 Å². The van der Waals surface area contributed by atoms with Gasteiger partial charge in [-0.3, -0.25) is 5.92 Å². The van der Waals surface area contributed by atoms with Gasteiger partial charge >= 0.3 is 0 Å². The van der Waals surface area contributed by atoms with Gasteiger partial charge in [0.25, 0.3) is 0 Å². The molecule has 0 saturated heterocycles. The maximum atomic E-state index is 10.8. The molecule has 0 amide bonds. The minimum absolute atomic E-state index is 0. The summed E-state index contributed by atoms with van der Waals surface area (Å²) in [5, 5.41) is 0. The third-order valence-electron chi connectivity index (χ3n) is 3.24. The molecule has 0 heterocycles. The van der Waals surface area contributed by atoms with Crippen molar-refractivity contribution in [3.05, 3.63) is 5.92 Å². The van der Waals surface area contributed by atoms with Crippen molar-refractivity contribution in [1.29, 1.82) is 0 Å². The van der Waals surface area contributed by atoms with E-state index >= 15 is 0 Å². The summed E-state index contributed by atoms with van der Waals surface area (Å²) in [5.74, 6) is 1.82. The average molecular weight is 260 g/mol. The summed E-state index contributed by atoms with van der Waals surface area (Å²) in [4.78, 5) is 10.8. The Morgan fingerprint density at radius 2 is 2.42 bits per heavy atom. The SMILES string of the molecule is C[C-]1[C@@H](OP)CC2C[C@]12C=O.[Y]. The van der Waals surface area contributed by atoms with Gasteiger partial charge in [-0.2, -0.15) is 6.92 Å². The van der Waals surface area contributed by atoms with E-state index in [0.717, 1.165) is 19.1 Å². The van der Waals surface area contributed by atoms with E-state index < -0.39 is 0 Å². The first-order valence-corrected chi connectivity index (χ1v) is 4.37. The maximum Gasteiger partial charge on any atom is 0.0965 e. The van der Waals surface area contributed by atoms with Gasteiger partial charge in [-0.1, -0.05) is 30.3 Å². The van der Waals surface area contributed by atoms with Gasteiger partial charge in [0.15, 0.2) is 0 Å². The van der Waals surface area contributed by atoms with Crippen LogP contribution in [0.5, 0.6) is 0 Å². The Morgan fingerprint density at radius 1 is 1.75 bits per heavy atom. The standard InChI is InChI=1S/C8H12O2P.Y/c1-5-7(10-11)2-6-3-8(5,6)4-9;/h4,6-7H,2-3,11H2,1H3;/q-1;/t6?,7-,8-;/m0./s1. The zero-order chi connectivity index (χ0) is 8.06. The number of hydrogen-bond donors (Lipinski definition) is 0. The summed E-state index contributed by atoms with van der Waals surface area (Å²) in [7, 11) is 2.28. The van der Waals surface area contributed by atoms with E-state index in [-0.39, 0.29) is 44.2 Å². The van der Waals surface area contributed by atoms with E-state index in [4.69, 9.17) is 4.52 Å². The average Bonchev–Trinajstić information content (AvgIpc) is 2.68. The van der Waals surface area contributed by atoms with Gasteiger partial charge in [0, 0.05) is 32.7 Å². The number of hydrogen-bond acceptors (Lipinski definition) is 2. The second-order valence-electron chi connectivity index (χ2n) is 3.60. The molecule has 0 aliphatic heterocycles. The minimum Gasteiger partial charge on any atom is -0.394 e. The Labute approximate surface area is 100 Å². The first kappa shape index (κ1) is 11.2. The number of rotatable bonds is 2. The molecule has 0 bridgehead atoms. The Hall–Kier alpha value is 1.16. The topological polar surface area (TPSA) is 26.3 Å². The molecule has 2 aliphatic rings. The minimum atomic E-state index is -0.0682. The number of carbonyl (C=O) groups excluding carboxylic acids is 1. The van der Waals surface area contributed by atoms with Gasteiger partial charge in [-0.15, -0.1) is 0 Å². The fraction of sp³-hybridized carbons (Fsp3) is 0.750. The predicted octanol–water partition coefficient (Wildman–Crippen LogP) is 1.36. The third kappa shape index (κ3) is 1.36. The fourth-order valence-electron chi connectivity index (χ4n) is 2.26. The van der Waals surface area contributed by atoms with E-state index in [2.05, 4.69) is 9.47 Å². The van der Waals surface area contributed by atoms with Crippen LogP contribution in [0.2, 0.25) is 0 Å². The summed E-state index contributed by atoms with van der Waals surface area (Å²) in [6.07, 6.45) is 3.42. The Balaban J connectivity index is 0.000000720. The van der Waals surface area contributed by atoms with Crippen molar-refractivity contribution >= 4 is 15.8 Å². The van der Waals surface area contributed by atoms with E-state index in [0.29, 0.717) is 5.92 Å². The molecular formula is C8H12O2PY-. The van der Waals surface area contributed by atoms with Crippen molar-refractivity contribution in [2.75, 3.05) is 0 Å². The largest absolute Gasteiger partial charge is 0.394 e. The van der Waals surface area contributed by atoms with Gasteiger partial charge in [0.05, 0.1) is 6.29 Å². The molecule has 2 rings (SSSR count). The van der Waals surface area contributed by atoms with Gasteiger partial charge in [-0.25, -0.2) is 0 Å². The molecule has 0 aromatic heterocycles. The summed E-state index contributed by atoms with van der Waals surface area (Å²) < 4.78 is 5.17. The second-order valence-corrected chi connectivity index (χ2v) is 3.87. The summed E-state index contributed by atoms with van der Waals surface area (Å²) in [5.41, 5.74) is -0.0682. The number of carbonyl (C=O) groups is 1. The van der Waals surface area contributed by atoms with Crippen LogP contribution in [0.4, 0.5) is 0 Å². The van der Waals surface area contributed by atoms with Crippen LogP contribution in [0.25, 0.3) is 0 Å². The van der Waals surface area contributed by atoms with E-state index in [9.17, 15) is 4.79 Å². The van der Waals surface area contributed by atoms with E-state index in [1.807, 2.05) is 6.92 Å². The molecule has 12 heavy (non-hydrogen) atoms. The molecular weight excluding hydrogens is 248 g/mol. The van der Waals surface area contributed by atoms with Crippen LogP contribution in [0.3, 0.4) is 0 Å². The van der Waals surface area contributed by atoms with Crippen LogP contribution in [-0.4, -0.2) is 12.4 Å². The molecule has 4 heteroatoms. The quantitative estimate of drug-likeness (QED) is 0.425. The normalized spacial score (nSPS) is 44.8. The van der Waals surface area contributed by atoms with Crippen molar-refractivity contribution in [3.8, 4) is 0 Å². The smallest absolute Gasteiger partial charge is 0.0965 e. The Morgan fingerprint density at radius 3 is 2.75 bits per heavy atom.